The summed E-state index contributed by atoms with van der Waals surface area (Å²) in [5.74, 6) is -1.74. The number of ether oxygens (including phenoxy) is 4. The van der Waals surface area contributed by atoms with Gasteiger partial charge in [0.2, 0.25) is 0 Å². The van der Waals surface area contributed by atoms with Crippen molar-refractivity contribution in [2.24, 2.45) is 0 Å². The third kappa shape index (κ3) is 4.91. The monoisotopic (exact) mass is 402 g/mol. The molecule has 3 rings (SSSR count). The maximum Gasteiger partial charge on any atom is 0.336 e. The lowest BCUT2D eigenvalue weighted by molar-refractivity contribution is -0.210. The number of fused-ring (bicyclic) bond motifs is 1. The number of carboxylic acids is 1. The molecule has 0 bridgehead atoms. The molecule has 0 radical (unpaired) electrons. The third-order valence-electron chi connectivity index (χ3n) is 5.95. The molecule has 0 aromatic heterocycles. The Morgan fingerprint density at radius 2 is 1.85 bits per heavy atom. The van der Waals surface area contributed by atoms with E-state index in [0.717, 1.165) is 38.1 Å². The zero-order valence-electron chi connectivity index (χ0n) is 16.7. The molecule has 2 saturated carbocycles. The summed E-state index contributed by atoms with van der Waals surface area (Å²) in [7, 11) is -1.21. The lowest BCUT2D eigenvalue weighted by Gasteiger charge is -2.40. The fourth-order valence-corrected chi connectivity index (χ4v) is 5.07. The number of hydrogen-bond acceptors (Lipinski definition) is 6. The van der Waals surface area contributed by atoms with Crippen molar-refractivity contribution >= 4 is 14.0 Å². The summed E-state index contributed by atoms with van der Waals surface area (Å²) in [5.41, 5.74) is -1.50. The number of hydrogen-bond donors (Lipinski definition) is 2. The van der Waals surface area contributed by atoms with Crippen molar-refractivity contribution in [2.45, 2.75) is 100 Å². The van der Waals surface area contributed by atoms with Gasteiger partial charge in [0.25, 0.3) is 0 Å². The summed E-state index contributed by atoms with van der Waals surface area (Å²) >= 11 is 0. The van der Waals surface area contributed by atoms with Crippen LogP contribution in [-0.2, 0) is 23.7 Å². The van der Waals surface area contributed by atoms with Crippen molar-refractivity contribution in [1.82, 2.24) is 0 Å². The van der Waals surface area contributed by atoms with Gasteiger partial charge < -0.3 is 29.2 Å². The third-order valence-corrected chi connectivity index (χ3v) is 7.66. The van der Waals surface area contributed by atoms with Crippen LogP contribution in [0.4, 0.5) is 0 Å². The van der Waals surface area contributed by atoms with Gasteiger partial charge in [-0.05, 0) is 18.9 Å². The normalized spacial score (nSPS) is 35.9. The minimum absolute atomic E-state index is 0.0136. The van der Waals surface area contributed by atoms with Gasteiger partial charge in [-0.2, -0.15) is 0 Å². The molecule has 27 heavy (non-hydrogen) atoms. The Morgan fingerprint density at radius 1 is 1.15 bits per heavy atom. The number of carboxylic acid groups (broad SMARTS) is 1. The van der Waals surface area contributed by atoms with Crippen LogP contribution >= 0.6 is 0 Å². The van der Waals surface area contributed by atoms with Gasteiger partial charge in [0.15, 0.2) is 11.4 Å². The van der Waals surface area contributed by atoms with E-state index in [-0.39, 0.29) is 19.6 Å². The van der Waals surface area contributed by atoms with Crippen molar-refractivity contribution in [3.05, 3.63) is 0 Å². The molecular weight excluding hydrogens is 368 g/mol. The van der Waals surface area contributed by atoms with Crippen molar-refractivity contribution in [3.63, 3.8) is 0 Å². The molecule has 0 aromatic rings. The van der Waals surface area contributed by atoms with E-state index in [2.05, 4.69) is 19.6 Å². The maximum absolute atomic E-state index is 12.0. The first-order chi connectivity index (χ1) is 12.6. The zero-order valence-corrected chi connectivity index (χ0v) is 17.7. The highest BCUT2D eigenvalue weighted by Crippen LogP contribution is 2.47. The fourth-order valence-electron chi connectivity index (χ4n) is 4.31. The van der Waals surface area contributed by atoms with Crippen LogP contribution in [-0.4, -0.2) is 67.4 Å². The van der Waals surface area contributed by atoms with E-state index in [1.54, 1.807) is 0 Å². The van der Waals surface area contributed by atoms with Crippen molar-refractivity contribution in [2.75, 3.05) is 13.4 Å². The average Bonchev–Trinajstić information content (AvgIpc) is 2.92. The number of rotatable bonds is 7. The van der Waals surface area contributed by atoms with Gasteiger partial charge in [-0.25, -0.2) is 4.79 Å². The van der Waals surface area contributed by atoms with Gasteiger partial charge in [0.05, 0.1) is 12.2 Å². The zero-order chi connectivity index (χ0) is 19.7. The molecule has 3 fully saturated rings. The van der Waals surface area contributed by atoms with Crippen LogP contribution < -0.4 is 0 Å². The lowest BCUT2D eigenvalue weighted by atomic mass is 9.79. The first-order valence-corrected chi connectivity index (χ1v) is 13.8. The summed E-state index contributed by atoms with van der Waals surface area (Å²) in [6, 6.07) is 0.989. The molecule has 2 aliphatic carbocycles. The second kappa shape index (κ2) is 8.08. The van der Waals surface area contributed by atoms with Crippen LogP contribution in [0.15, 0.2) is 0 Å². The molecule has 3 aliphatic rings. The van der Waals surface area contributed by atoms with Crippen LogP contribution in [0.25, 0.3) is 0 Å². The van der Waals surface area contributed by atoms with E-state index in [0.29, 0.717) is 6.61 Å². The van der Waals surface area contributed by atoms with Crippen LogP contribution in [0.2, 0.25) is 25.7 Å². The average molecular weight is 403 g/mol. The number of aliphatic carboxylic acids is 1. The Bertz CT molecular complexity index is 529. The van der Waals surface area contributed by atoms with Crippen molar-refractivity contribution in [3.8, 4) is 0 Å². The summed E-state index contributed by atoms with van der Waals surface area (Å²) < 4.78 is 23.5. The van der Waals surface area contributed by atoms with Gasteiger partial charge in [0, 0.05) is 40.4 Å². The van der Waals surface area contributed by atoms with Crippen LogP contribution in [0.1, 0.15) is 44.9 Å². The molecule has 0 unspecified atom stereocenters. The number of aliphatic hydroxyl groups excluding tert-OH is 1. The maximum atomic E-state index is 12.0. The van der Waals surface area contributed by atoms with E-state index < -0.39 is 43.7 Å². The standard InChI is InChI=1S/C19H34O7Si/c1-27(2,3)10-9-23-13-24-18(17(21)22)11-14(20)16-15(12-18)25-19(26-16)7-5-4-6-8-19/h14-16,20H,4-13H2,1-3H3,(H,21,22)/t14-,15-,16+,18-/m1/s1. The van der Waals surface area contributed by atoms with E-state index in [1.165, 1.54) is 0 Å². The summed E-state index contributed by atoms with van der Waals surface area (Å²) in [6.07, 6.45) is 3.09. The van der Waals surface area contributed by atoms with Gasteiger partial charge in [-0.15, -0.1) is 0 Å². The summed E-state index contributed by atoms with van der Waals surface area (Å²) in [5, 5.41) is 20.4. The highest BCUT2D eigenvalue weighted by Gasteiger charge is 2.59. The Labute approximate surface area is 162 Å². The van der Waals surface area contributed by atoms with Crippen LogP contribution in [0.5, 0.6) is 0 Å². The molecule has 1 heterocycles. The highest BCUT2D eigenvalue weighted by atomic mass is 28.3. The lowest BCUT2D eigenvalue weighted by Crippen LogP contribution is -2.56. The predicted octanol–water partition coefficient (Wildman–Crippen LogP) is 2.74. The Kier molecular flexibility index (Phi) is 6.35. The smallest absolute Gasteiger partial charge is 0.336 e. The van der Waals surface area contributed by atoms with E-state index in [9.17, 15) is 15.0 Å². The van der Waals surface area contributed by atoms with Crippen molar-refractivity contribution < 1.29 is 34.0 Å². The highest BCUT2D eigenvalue weighted by molar-refractivity contribution is 6.76. The topological polar surface area (TPSA) is 94.5 Å². The van der Waals surface area contributed by atoms with Gasteiger partial charge >= 0.3 is 5.97 Å². The Balaban J connectivity index is 1.60. The van der Waals surface area contributed by atoms with Gasteiger partial charge in [-0.1, -0.05) is 26.1 Å². The minimum atomic E-state index is -1.50. The SMILES string of the molecule is C[Si](C)(C)CCOCO[C@]1(C(=O)O)C[C@@H](O)[C@@H]2OC3(CCCCC3)O[C@@H]2C1. The molecular formula is C19H34O7Si. The predicted molar refractivity (Wildman–Crippen MR) is 101 cm³/mol. The van der Waals surface area contributed by atoms with Gasteiger partial charge in [-0.3, -0.25) is 0 Å². The Hall–Kier alpha value is -0.513. The first-order valence-electron chi connectivity index (χ1n) is 10.1. The molecule has 7 nitrogen and oxygen atoms in total. The summed E-state index contributed by atoms with van der Waals surface area (Å²) in [4.78, 5) is 12.0. The largest absolute Gasteiger partial charge is 0.479 e. The molecule has 1 saturated heterocycles. The molecule has 0 amide bonds. The quantitative estimate of drug-likeness (QED) is 0.384. The fraction of sp³-hybridized carbons (Fsp3) is 0.947. The number of carbonyl (C=O) groups is 1. The molecule has 2 N–H and O–H groups in total. The minimum Gasteiger partial charge on any atom is -0.479 e. The molecule has 156 valence electrons. The molecule has 1 aliphatic heterocycles. The molecule has 8 heteroatoms. The van der Waals surface area contributed by atoms with Crippen LogP contribution in [0, 0.1) is 0 Å². The second-order valence-electron chi connectivity index (χ2n) is 9.47. The Morgan fingerprint density at radius 3 is 2.48 bits per heavy atom. The van der Waals surface area contributed by atoms with Crippen molar-refractivity contribution in [1.29, 1.82) is 0 Å². The van der Waals surface area contributed by atoms with E-state index in [4.69, 9.17) is 18.9 Å². The number of aliphatic hydroxyl groups is 1. The molecule has 1 spiro atoms. The first kappa shape index (κ1) is 21.2. The van der Waals surface area contributed by atoms with Gasteiger partial charge in [0.1, 0.15) is 12.9 Å². The molecule has 4 atom stereocenters. The second-order valence-corrected chi connectivity index (χ2v) is 15.1. The van der Waals surface area contributed by atoms with Crippen LogP contribution in [0.3, 0.4) is 0 Å². The summed E-state index contributed by atoms with van der Waals surface area (Å²) in [6.45, 7) is 7.24. The van der Waals surface area contributed by atoms with E-state index in [1.807, 2.05) is 0 Å². The molecule has 0 aromatic carbocycles. The van der Waals surface area contributed by atoms with E-state index >= 15 is 0 Å².